The first-order valence-electron chi connectivity index (χ1n) is 6.77. The minimum atomic E-state index is 0.271. The van der Waals surface area contributed by atoms with E-state index in [0.29, 0.717) is 18.2 Å². The molecule has 20 heavy (non-hydrogen) atoms. The number of hydrogen-bond acceptors (Lipinski definition) is 4. The highest BCUT2D eigenvalue weighted by atomic mass is 16.5. The summed E-state index contributed by atoms with van der Waals surface area (Å²) in [7, 11) is 1.92. The lowest BCUT2D eigenvalue weighted by molar-refractivity contribution is 0.319. The summed E-state index contributed by atoms with van der Waals surface area (Å²) in [6.07, 6.45) is 1.82. The Morgan fingerprint density at radius 2 is 1.90 bits per heavy atom. The fourth-order valence-electron chi connectivity index (χ4n) is 1.80. The summed E-state index contributed by atoms with van der Waals surface area (Å²) in [4.78, 5) is 4.33. The number of aromatic nitrogens is 1. The van der Waals surface area contributed by atoms with Crippen molar-refractivity contribution in [2.75, 3.05) is 13.7 Å². The van der Waals surface area contributed by atoms with E-state index in [4.69, 9.17) is 9.47 Å². The molecule has 0 bridgehead atoms. The van der Waals surface area contributed by atoms with Gasteiger partial charge in [-0.1, -0.05) is 18.2 Å². The molecule has 0 aliphatic heterocycles. The van der Waals surface area contributed by atoms with Crippen LogP contribution in [0.2, 0.25) is 0 Å². The molecule has 0 saturated heterocycles. The van der Waals surface area contributed by atoms with E-state index in [9.17, 15) is 0 Å². The Bertz CT molecular complexity index is 540. The van der Waals surface area contributed by atoms with Crippen LogP contribution in [0.5, 0.6) is 17.4 Å². The molecule has 0 saturated carbocycles. The first-order chi connectivity index (χ1) is 9.74. The van der Waals surface area contributed by atoms with Crippen LogP contribution in [0.25, 0.3) is 0 Å². The molecule has 0 amide bonds. The van der Waals surface area contributed by atoms with Gasteiger partial charge in [-0.25, -0.2) is 4.98 Å². The molecule has 2 aromatic rings. The van der Waals surface area contributed by atoms with Crippen LogP contribution >= 0.6 is 0 Å². The smallest absolute Gasteiger partial charge is 0.219 e. The van der Waals surface area contributed by atoms with Crippen molar-refractivity contribution in [2.24, 2.45) is 0 Å². The summed E-state index contributed by atoms with van der Waals surface area (Å²) in [5.74, 6) is 1.96. The topological polar surface area (TPSA) is 43.4 Å². The number of benzene rings is 1. The van der Waals surface area contributed by atoms with Gasteiger partial charge in [0.15, 0.2) is 11.5 Å². The van der Waals surface area contributed by atoms with Gasteiger partial charge in [-0.2, -0.15) is 0 Å². The van der Waals surface area contributed by atoms with E-state index in [2.05, 4.69) is 17.2 Å². The van der Waals surface area contributed by atoms with Crippen molar-refractivity contribution >= 4 is 0 Å². The van der Waals surface area contributed by atoms with E-state index >= 15 is 0 Å². The van der Waals surface area contributed by atoms with Crippen LogP contribution in [0.4, 0.5) is 0 Å². The lowest BCUT2D eigenvalue weighted by Gasteiger charge is -2.12. The first kappa shape index (κ1) is 14.3. The van der Waals surface area contributed by atoms with Crippen LogP contribution < -0.4 is 14.8 Å². The molecule has 0 spiro atoms. The third kappa shape index (κ3) is 3.48. The Balaban J connectivity index is 2.14. The molecular weight excluding hydrogens is 252 g/mol. The van der Waals surface area contributed by atoms with Crippen molar-refractivity contribution < 1.29 is 9.47 Å². The van der Waals surface area contributed by atoms with Crippen LogP contribution in [0.15, 0.2) is 42.6 Å². The maximum absolute atomic E-state index is 5.77. The molecule has 0 fully saturated rings. The molecule has 0 aliphatic rings. The van der Waals surface area contributed by atoms with Crippen molar-refractivity contribution in [3.63, 3.8) is 0 Å². The summed E-state index contributed by atoms with van der Waals surface area (Å²) < 4.78 is 11.3. The monoisotopic (exact) mass is 272 g/mol. The van der Waals surface area contributed by atoms with E-state index in [0.717, 1.165) is 11.3 Å². The number of para-hydroxylation sites is 2. The molecule has 2 rings (SSSR count). The van der Waals surface area contributed by atoms with E-state index in [1.165, 1.54) is 0 Å². The zero-order valence-electron chi connectivity index (χ0n) is 12.1. The van der Waals surface area contributed by atoms with Gasteiger partial charge in [-0.05, 0) is 38.6 Å². The van der Waals surface area contributed by atoms with Gasteiger partial charge in [0, 0.05) is 18.3 Å². The minimum absolute atomic E-state index is 0.271. The maximum atomic E-state index is 5.77. The van der Waals surface area contributed by atoms with E-state index < -0.39 is 0 Å². The largest absolute Gasteiger partial charge is 0.490 e. The lowest BCUT2D eigenvalue weighted by atomic mass is 10.1. The summed E-state index contributed by atoms with van der Waals surface area (Å²) >= 11 is 0. The summed E-state index contributed by atoms with van der Waals surface area (Å²) in [5.41, 5.74) is 1.12. The number of ether oxygens (including phenoxy) is 2. The Labute approximate surface area is 119 Å². The fourth-order valence-corrected chi connectivity index (χ4v) is 1.80. The van der Waals surface area contributed by atoms with Crippen LogP contribution in [0.3, 0.4) is 0 Å². The van der Waals surface area contributed by atoms with Gasteiger partial charge in [0.1, 0.15) is 0 Å². The highest BCUT2D eigenvalue weighted by molar-refractivity contribution is 5.41. The molecule has 1 N–H and O–H groups in total. The second-order valence-electron chi connectivity index (χ2n) is 4.42. The maximum Gasteiger partial charge on any atom is 0.219 e. The zero-order valence-corrected chi connectivity index (χ0v) is 12.1. The van der Waals surface area contributed by atoms with Crippen LogP contribution in [-0.2, 0) is 0 Å². The average Bonchev–Trinajstić information content (AvgIpc) is 2.49. The van der Waals surface area contributed by atoms with Gasteiger partial charge in [-0.3, -0.25) is 0 Å². The summed E-state index contributed by atoms with van der Waals surface area (Å²) in [6, 6.07) is 11.7. The van der Waals surface area contributed by atoms with Gasteiger partial charge in [0.2, 0.25) is 5.88 Å². The molecule has 1 unspecified atom stereocenters. The van der Waals surface area contributed by atoms with Crippen molar-refractivity contribution in [3.8, 4) is 17.4 Å². The standard InChI is InChI=1S/C16H20N2O2/c1-4-19-14-7-5-6-8-15(14)20-16-10-9-13(11-18-16)12(2)17-3/h5-12,17H,4H2,1-3H3. The Morgan fingerprint density at radius 3 is 2.50 bits per heavy atom. The molecule has 4 nitrogen and oxygen atoms in total. The molecule has 1 aromatic carbocycles. The van der Waals surface area contributed by atoms with Crippen molar-refractivity contribution in [3.05, 3.63) is 48.2 Å². The SMILES string of the molecule is CCOc1ccccc1Oc1ccc(C(C)NC)cn1. The average molecular weight is 272 g/mol. The van der Waals surface area contributed by atoms with Gasteiger partial charge < -0.3 is 14.8 Å². The fraction of sp³-hybridized carbons (Fsp3) is 0.312. The van der Waals surface area contributed by atoms with Crippen LogP contribution in [0.1, 0.15) is 25.5 Å². The summed E-state index contributed by atoms with van der Waals surface area (Å²) in [5, 5.41) is 3.18. The highest BCUT2D eigenvalue weighted by Gasteiger charge is 2.07. The second-order valence-corrected chi connectivity index (χ2v) is 4.42. The highest BCUT2D eigenvalue weighted by Crippen LogP contribution is 2.30. The number of pyridine rings is 1. The van der Waals surface area contributed by atoms with E-state index in [1.807, 2.05) is 56.6 Å². The van der Waals surface area contributed by atoms with E-state index in [1.54, 1.807) is 0 Å². The third-order valence-electron chi connectivity index (χ3n) is 3.06. The second kappa shape index (κ2) is 6.91. The number of hydrogen-bond donors (Lipinski definition) is 1. The van der Waals surface area contributed by atoms with Gasteiger partial charge in [-0.15, -0.1) is 0 Å². The van der Waals surface area contributed by atoms with Crippen LogP contribution in [-0.4, -0.2) is 18.6 Å². The van der Waals surface area contributed by atoms with Crippen molar-refractivity contribution in [1.29, 1.82) is 0 Å². The lowest BCUT2D eigenvalue weighted by Crippen LogP contribution is -2.12. The molecule has 4 heteroatoms. The minimum Gasteiger partial charge on any atom is -0.490 e. The molecule has 1 aromatic heterocycles. The molecule has 0 radical (unpaired) electrons. The number of nitrogens with zero attached hydrogens (tertiary/aromatic N) is 1. The predicted molar refractivity (Wildman–Crippen MR) is 79.4 cm³/mol. The molecule has 1 heterocycles. The van der Waals surface area contributed by atoms with Gasteiger partial charge in [0.05, 0.1) is 6.61 Å². The van der Waals surface area contributed by atoms with Crippen LogP contribution in [0, 0.1) is 0 Å². The Hall–Kier alpha value is -2.07. The normalized spacial score (nSPS) is 11.9. The summed E-state index contributed by atoms with van der Waals surface area (Å²) in [6.45, 7) is 4.64. The predicted octanol–water partition coefficient (Wildman–Crippen LogP) is 3.55. The van der Waals surface area contributed by atoms with Gasteiger partial charge >= 0.3 is 0 Å². The number of rotatable bonds is 6. The third-order valence-corrected chi connectivity index (χ3v) is 3.06. The molecule has 1 atom stereocenters. The molecule has 106 valence electrons. The van der Waals surface area contributed by atoms with Crippen molar-refractivity contribution in [2.45, 2.75) is 19.9 Å². The number of nitrogens with one attached hydrogen (secondary N) is 1. The Kier molecular flexibility index (Phi) is 4.96. The van der Waals surface area contributed by atoms with E-state index in [-0.39, 0.29) is 6.04 Å². The van der Waals surface area contributed by atoms with Gasteiger partial charge in [0.25, 0.3) is 0 Å². The molecule has 0 aliphatic carbocycles. The zero-order chi connectivity index (χ0) is 14.4. The van der Waals surface area contributed by atoms with Crippen molar-refractivity contribution in [1.82, 2.24) is 10.3 Å². The molecular formula is C16H20N2O2. The Morgan fingerprint density at radius 1 is 1.15 bits per heavy atom. The first-order valence-corrected chi connectivity index (χ1v) is 6.77. The quantitative estimate of drug-likeness (QED) is 0.873.